The second-order valence-corrected chi connectivity index (χ2v) is 5.40. The van der Waals surface area contributed by atoms with Gasteiger partial charge in [0.15, 0.2) is 0 Å². The topological polar surface area (TPSA) is 21.3 Å². The third-order valence-electron chi connectivity index (χ3n) is 3.90. The first-order chi connectivity index (χ1) is 8.84. The molecule has 98 valence electrons. The number of benzene rings is 1. The van der Waals surface area contributed by atoms with E-state index in [1.807, 2.05) is 12.1 Å². The van der Waals surface area contributed by atoms with Gasteiger partial charge in [0.25, 0.3) is 0 Å². The minimum Gasteiger partial charge on any atom is -0.373 e. The Morgan fingerprint density at radius 3 is 2.83 bits per heavy atom. The SMILES string of the molecule is Fc1ccccc1C1OCCCC1CNC1CC1. The van der Waals surface area contributed by atoms with Crippen molar-refractivity contribution in [1.82, 2.24) is 5.32 Å². The van der Waals surface area contributed by atoms with Crippen molar-refractivity contribution in [2.24, 2.45) is 5.92 Å². The predicted molar refractivity (Wildman–Crippen MR) is 68.8 cm³/mol. The Bertz CT molecular complexity index is 405. The number of rotatable bonds is 4. The van der Waals surface area contributed by atoms with Crippen molar-refractivity contribution in [3.8, 4) is 0 Å². The maximum absolute atomic E-state index is 13.9. The molecule has 0 aromatic heterocycles. The molecule has 2 nitrogen and oxygen atoms in total. The zero-order valence-corrected chi connectivity index (χ0v) is 10.6. The third-order valence-corrected chi connectivity index (χ3v) is 3.90. The lowest BCUT2D eigenvalue weighted by Gasteiger charge is -2.32. The lowest BCUT2D eigenvalue weighted by Crippen LogP contribution is -2.33. The molecule has 3 rings (SSSR count). The maximum Gasteiger partial charge on any atom is 0.129 e. The molecule has 1 aliphatic carbocycles. The van der Waals surface area contributed by atoms with Gasteiger partial charge in [-0.15, -0.1) is 0 Å². The molecule has 2 fully saturated rings. The molecular weight excluding hydrogens is 229 g/mol. The zero-order valence-electron chi connectivity index (χ0n) is 10.6. The van der Waals surface area contributed by atoms with Crippen molar-refractivity contribution in [1.29, 1.82) is 0 Å². The smallest absolute Gasteiger partial charge is 0.129 e. The summed E-state index contributed by atoms with van der Waals surface area (Å²) in [5, 5.41) is 3.54. The van der Waals surface area contributed by atoms with Crippen LogP contribution in [0.15, 0.2) is 24.3 Å². The van der Waals surface area contributed by atoms with E-state index in [9.17, 15) is 4.39 Å². The van der Waals surface area contributed by atoms with Crippen LogP contribution in [0.25, 0.3) is 0 Å². The van der Waals surface area contributed by atoms with Crippen LogP contribution in [0.2, 0.25) is 0 Å². The van der Waals surface area contributed by atoms with Crippen LogP contribution in [0.5, 0.6) is 0 Å². The highest BCUT2D eigenvalue weighted by molar-refractivity contribution is 5.21. The molecule has 1 heterocycles. The van der Waals surface area contributed by atoms with Gasteiger partial charge >= 0.3 is 0 Å². The highest BCUT2D eigenvalue weighted by atomic mass is 19.1. The first-order valence-corrected chi connectivity index (χ1v) is 6.94. The standard InChI is InChI=1S/C15H20FNO/c16-14-6-2-1-5-13(14)15-11(4-3-9-18-15)10-17-12-7-8-12/h1-2,5-6,11-12,15,17H,3-4,7-10H2. The van der Waals surface area contributed by atoms with Crippen molar-refractivity contribution < 1.29 is 9.13 Å². The summed E-state index contributed by atoms with van der Waals surface area (Å²) in [6, 6.07) is 7.71. The molecule has 2 unspecified atom stereocenters. The summed E-state index contributed by atoms with van der Waals surface area (Å²) in [4.78, 5) is 0. The van der Waals surface area contributed by atoms with Crippen LogP contribution >= 0.6 is 0 Å². The molecule has 18 heavy (non-hydrogen) atoms. The summed E-state index contributed by atoms with van der Waals surface area (Å²) in [6.07, 6.45) is 4.71. The second-order valence-electron chi connectivity index (χ2n) is 5.40. The average molecular weight is 249 g/mol. The number of halogens is 1. The zero-order chi connectivity index (χ0) is 12.4. The van der Waals surface area contributed by atoms with Crippen molar-refractivity contribution in [2.45, 2.75) is 37.8 Å². The molecule has 1 N–H and O–H groups in total. The largest absolute Gasteiger partial charge is 0.373 e. The number of hydrogen-bond acceptors (Lipinski definition) is 2. The Labute approximate surface area is 108 Å². The van der Waals surface area contributed by atoms with E-state index < -0.39 is 0 Å². The van der Waals surface area contributed by atoms with Crippen LogP contribution in [0.1, 0.15) is 37.4 Å². The van der Waals surface area contributed by atoms with Gasteiger partial charge in [0, 0.05) is 30.7 Å². The van der Waals surface area contributed by atoms with E-state index in [0.717, 1.165) is 31.6 Å². The monoisotopic (exact) mass is 249 g/mol. The van der Waals surface area contributed by atoms with Crippen molar-refractivity contribution in [3.05, 3.63) is 35.6 Å². The lowest BCUT2D eigenvalue weighted by molar-refractivity contribution is -0.0297. The van der Waals surface area contributed by atoms with E-state index in [1.165, 1.54) is 18.9 Å². The van der Waals surface area contributed by atoms with Gasteiger partial charge in [-0.1, -0.05) is 18.2 Å². The van der Waals surface area contributed by atoms with E-state index in [2.05, 4.69) is 5.32 Å². The van der Waals surface area contributed by atoms with E-state index in [-0.39, 0.29) is 11.9 Å². The Hall–Kier alpha value is -0.930. The fourth-order valence-electron chi connectivity index (χ4n) is 2.71. The van der Waals surface area contributed by atoms with Crippen LogP contribution in [-0.4, -0.2) is 19.2 Å². The van der Waals surface area contributed by atoms with Gasteiger partial charge in [-0.05, 0) is 31.7 Å². The fraction of sp³-hybridized carbons (Fsp3) is 0.600. The molecule has 1 aliphatic heterocycles. The third kappa shape index (κ3) is 2.73. The van der Waals surface area contributed by atoms with Gasteiger partial charge in [0.05, 0.1) is 6.10 Å². The van der Waals surface area contributed by atoms with Crippen molar-refractivity contribution >= 4 is 0 Å². The van der Waals surface area contributed by atoms with E-state index >= 15 is 0 Å². The van der Waals surface area contributed by atoms with E-state index in [0.29, 0.717) is 12.0 Å². The van der Waals surface area contributed by atoms with Crippen molar-refractivity contribution in [2.75, 3.05) is 13.2 Å². The molecule has 0 bridgehead atoms. The van der Waals surface area contributed by atoms with E-state index in [1.54, 1.807) is 6.07 Å². The molecule has 2 atom stereocenters. The number of nitrogens with one attached hydrogen (secondary N) is 1. The summed E-state index contributed by atoms with van der Waals surface area (Å²) in [7, 11) is 0. The fourth-order valence-corrected chi connectivity index (χ4v) is 2.71. The molecule has 1 aromatic carbocycles. The maximum atomic E-state index is 13.9. The van der Waals surface area contributed by atoms with Crippen LogP contribution in [-0.2, 0) is 4.74 Å². The van der Waals surface area contributed by atoms with Gasteiger partial charge in [-0.25, -0.2) is 4.39 Å². The van der Waals surface area contributed by atoms with Crippen molar-refractivity contribution in [3.63, 3.8) is 0 Å². The molecular formula is C15H20FNO. The van der Waals surface area contributed by atoms with Crippen LogP contribution in [0, 0.1) is 11.7 Å². The molecule has 3 heteroatoms. The highest BCUT2D eigenvalue weighted by Gasteiger charge is 2.31. The van der Waals surface area contributed by atoms with E-state index in [4.69, 9.17) is 4.74 Å². The summed E-state index contributed by atoms with van der Waals surface area (Å²) in [5.74, 6) is 0.261. The number of hydrogen-bond donors (Lipinski definition) is 1. The Kier molecular flexibility index (Phi) is 3.62. The molecule has 0 radical (unpaired) electrons. The molecule has 0 spiro atoms. The minimum atomic E-state index is -0.138. The Balaban J connectivity index is 1.71. The van der Waals surface area contributed by atoms with Gasteiger partial charge < -0.3 is 10.1 Å². The molecule has 1 aromatic rings. The van der Waals surface area contributed by atoms with Crippen LogP contribution in [0.3, 0.4) is 0 Å². The second kappa shape index (κ2) is 5.37. The molecule has 2 aliphatic rings. The average Bonchev–Trinajstić information content (AvgIpc) is 3.22. The first-order valence-electron chi connectivity index (χ1n) is 6.94. The van der Waals surface area contributed by atoms with Gasteiger partial charge in [-0.3, -0.25) is 0 Å². The van der Waals surface area contributed by atoms with Crippen LogP contribution < -0.4 is 5.32 Å². The summed E-state index contributed by atoms with van der Waals surface area (Å²) in [5.41, 5.74) is 0.722. The summed E-state index contributed by atoms with van der Waals surface area (Å²) >= 11 is 0. The number of ether oxygens (including phenoxy) is 1. The predicted octanol–water partition coefficient (Wildman–Crippen LogP) is 3.05. The molecule has 1 saturated heterocycles. The molecule has 1 saturated carbocycles. The highest BCUT2D eigenvalue weighted by Crippen LogP contribution is 2.35. The molecule has 0 amide bonds. The van der Waals surface area contributed by atoms with Gasteiger partial charge in [0.2, 0.25) is 0 Å². The summed E-state index contributed by atoms with van der Waals surface area (Å²) < 4.78 is 19.7. The minimum absolute atomic E-state index is 0.0776. The summed E-state index contributed by atoms with van der Waals surface area (Å²) in [6.45, 7) is 1.70. The quantitative estimate of drug-likeness (QED) is 0.885. The van der Waals surface area contributed by atoms with Crippen LogP contribution in [0.4, 0.5) is 4.39 Å². The van der Waals surface area contributed by atoms with Gasteiger partial charge in [-0.2, -0.15) is 0 Å². The lowest BCUT2D eigenvalue weighted by atomic mass is 9.89. The first kappa shape index (κ1) is 12.1. The van der Waals surface area contributed by atoms with Gasteiger partial charge in [0.1, 0.15) is 5.82 Å². The Morgan fingerprint density at radius 1 is 1.22 bits per heavy atom. The Morgan fingerprint density at radius 2 is 2.06 bits per heavy atom. The normalized spacial score (nSPS) is 28.3.